The lowest BCUT2D eigenvalue weighted by molar-refractivity contribution is -0.137. The van der Waals surface area contributed by atoms with Crippen LogP contribution in [0.3, 0.4) is 0 Å². The number of hydrogen-bond donors (Lipinski definition) is 1. The van der Waals surface area contributed by atoms with E-state index in [2.05, 4.69) is 11.4 Å². The van der Waals surface area contributed by atoms with Crippen LogP contribution in [0.15, 0.2) is 60.3 Å². The quantitative estimate of drug-likeness (QED) is 0.861. The van der Waals surface area contributed by atoms with E-state index in [1.54, 1.807) is 0 Å². The van der Waals surface area contributed by atoms with Gasteiger partial charge in [0.05, 0.1) is 0 Å². The Kier molecular flexibility index (Phi) is 4.47. The molecule has 4 heteroatoms. The first-order chi connectivity index (χ1) is 11.5. The third-order valence-corrected chi connectivity index (χ3v) is 3.98. The minimum Gasteiger partial charge on any atom is -0.351 e. The molecule has 1 aliphatic rings. The second kappa shape index (κ2) is 6.71. The second-order valence-corrected chi connectivity index (χ2v) is 6.09. The number of carbonyl (C=O) groups excluding carboxylic acids is 2. The number of amides is 2. The number of carbonyl (C=O) groups is 2. The van der Waals surface area contributed by atoms with Crippen molar-refractivity contribution in [3.63, 3.8) is 0 Å². The monoisotopic (exact) mass is 320 g/mol. The van der Waals surface area contributed by atoms with E-state index in [4.69, 9.17) is 0 Å². The third-order valence-electron chi connectivity index (χ3n) is 3.98. The molecule has 0 fully saturated rings. The molecule has 0 bridgehead atoms. The summed E-state index contributed by atoms with van der Waals surface area (Å²) in [6.07, 6.45) is 2.04. The number of benzene rings is 2. The van der Waals surface area contributed by atoms with Crippen molar-refractivity contribution in [2.45, 2.75) is 20.3 Å². The lowest BCUT2D eigenvalue weighted by Gasteiger charge is -2.15. The Morgan fingerprint density at radius 3 is 2.29 bits per heavy atom. The molecule has 122 valence electrons. The highest BCUT2D eigenvalue weighted by molar-refractivity contribution is 6.17. The van der Waals surface area contributed by atoms with E-state index >= 15 is 0 Å². The van der Waals surface area contributed by atoms with Crippen LogP contribution in [0.5, 0.6) is 0 Å². The predicted octanol–water partition coefficient (Wildman–Crippen LogP) is 3.21. The fourth-order valence-electron chi connectivity index (χ4n) is 2.90. The molecule has 0 saturated carbocycles. The van der Waals surface area contributed by atoms with E-state index in [0.717, 1.165) is 22.4 Å². The largest absolute Gasteiger partial charge is 0.351 e. The fraction of sp³-hybridized carbons (Fsp3) is 0.200. The standard InChI is InChI=1S/C20H20N2O2/c1-14-10-15(2)12-17(11-14)21-18-13-19(23)22(20(18)24)9-8-16-6-4-3-5-7-16/h3-7,10-13,21H,8-9H2,1-2H3. The number of nitrogens with one attached hydrogen (secondary N) is 1. The highest BCUT2D eigenvalue weighted by Gasteiger charge is 2.30. The summed E-state index contributed by atoms with van der Waals surface area (Å²) in [6.45, 7) is 4.39. The van der Waals surface area contributed by atoms with E-state index in [0.29, 0.717) is 18.7 Å². The number of nitrogens with zero attached hydrogens (tertiary/aromatic N) is 1. The van der Waals surface area contributed by atoms with E-state index in [-0.39, 0.29) is 11.8 Å². The summed E-state index contributed by atoms with van der Waals surface area (Å²) in [7, 11) is 0. The second-order valence-electron chi connectivity index (χ2n) is 6.09. The number of rotatable bonds is 5. The Morgan fingerprint density at radius 2 is 1.62 bits per heavy atom. The minimum atomic E-state index is -0.268. The van der Waals surface area contributed by atoms with Crippen LogP contribution in [-0.4, -0.2) is 23.3 Å². The summed E-state index contributed by atoms with van der Waals surface area (Å²) in [5, 5.41) is 3.08. The van der Waals surface area contributed by atoms with Gasteiger partial charge in [-0.1, -0.05) is 36.4 Å². The Labute approximate surface area is 141 Å². The van der Waals surface area contributed by atoms with Gasteiger partial charge in [-0.15, -0.1) is 0 Å². The van der Waals surface area contributed by atoms with Gasteiger partial charge in [-0.05, 0) is 49.1 Å². The van der Waals surface area contributed by atoms with Crippen LogP contribution in [0.2, 0.25) is 0 Å². The molecule has 2 amide bonds. The first-order valence-corrected chi connectivity index (χ1v) is 8.00. The molecule has 24 heavy (non-hydrogen) atoms. The van der Waals surface area contributed by atoms with Crippen molar-refractivity contribution in [3.8, 4) is 0 Å². The van der Waals surface area contributed by atoms with Crippen LogP contribution in [0.4, 0.5) is 5.69 Å². The summed E-state index contributed by atoms with van der Waals surface area (Å²) < 4.78 is 0. The molecule has 0 atom stereocenters. The van der Waals surface area contributed by atoms with Crippen LogP contribution in [-0.2, 0) is 16.0 Å². The Morgan fingerprint density at radius 1 is 0.958 bits per heavy atom. The molecule has 0 aromatic heterocycles. The van der Waals surface area contributed by atoms with Gasteiger partial charge in [0.15, 0.2) is 0 Å². The van der Waals surface area contributed by atoms with Gasteiger partial charge in [0.25, 0.3) is 11.8 Å². The van der Waals surface area contributed by atoms with Crippen LogP contribution in [0.25, 0.3) is 0 Å². The van der Waals surface area contributed by atoms with Gasteiger partial charge < -0.3 is 5.32 Å². The van der Waals surface area contributed by atoms with Gasteiger partial charge in [0, 0.05) is 18.3 Å². The summed E-state index contributed by atoms with van der Waals surface area (Å²) in [5.41, 5.74) is 4.48. The first kappa shape index (κ1) is 16.0. The number of imide groups is 1. The molecule has 1 N–H and O–H groups in total. The molecule has 0 unspecified atom stereocenters. The smallest absolute Gasteiger partial charge is 0.277 e. The molecule has 0 saturated heterocycles. The SMILES string of the molecule is Cc1cc(C)cc(NC2=CC(=O)N(CCc3ccccc3)C2=O)c1. The molecule has 1 heterocycles. The highest BCUT2D eigenvalue weighted by atomic mass is 16.2. The number of anilines is 1. The Hall–Kier alpha value is -2.88. The van der Waals surface area contributed by atoms with Crippen LogP contribution >= 0.6 is 0 Å². The van der Waals surface area contributed by atoms with Gasteiger partial charge in [-0.25, -0.2) is 0 Å². The predicted molar refractivity (Wildman–Crippen MR) is 94.5 cm³/mol. The number of hydrogen-bond acceptors (Lipinski definition) is 3. The molecule has 2 aromatic carbocycles. The first-order valence-electron chi connectivity index (χ1n) is 8.00. The Bertz CT molecular complexity index is 789. The van der Waals surface area contributed by atoms with Gasteiger partial charge >= 0.3 is 0 Å². The van der Waals surface area contributed by atoms with Gasteiger partial charge in [0.1, 0.15) is 5.70 Å². The van der Waals surface area contributed by atoms with E-state index < -0.39 is 0 Å². The summed E-state index contributed by atoms with van der Waals surface area (Å²) in [5.74, 6) is -0.530. The molecule has 1 aliphatic heterocycles. The fourth-order valence-corrected chi connectivity index (χ4v) is 2.90. The molecule has 2 aromatic rings. The molecular weight excluding hydrogens is 300 g/mol. The van der Waals surface area contributed by atoms with Crippen molar-refractivity contribution in [2.24, 2.45) is 0 Å². The third kappa shape index (κ3) is 3.54. The molecular formula is C20H20N2O2. The van der Waals surface area contributed by atoms with Gasteiger partial charge in [-0.2, -0.15) is 0 Å². The topological polar surface area (TPSA) is 49.4 Å². The molecule has 0 radical (unpaired) electrons. The van der Waals surface area contributed by atoms with Crippen molar-refractivity contribution in [1.29, 1.82) is 0 Å². The zero-order valence-electron chi connectivity index (χ0n) is 13.9. The maximum atomic E-state index is 12.5. The average molecular weight is 320 g/mol. The van der Waals surface area contributed by atoms with E-state index in [1.165, 1.54) is 11.0 Å². The van der Waals surface area contributed by atoms with Gasteiger partial charge in [0.2, 0.25) is 0 Å². The zero-order valence-corrected chi connectivity index (χ0v) is 13.9. The summed E-state index contributed by atoms with van der Waals surface area (Å²) in [6, 6.07) is 15.8. The van der Waals surface area contributed by atoms with Crippen molar-refractivity contribution in [2.75, 3.05) is 11.9 Å². The summed E-state index contributed by atoms with van der Waals surface area (Å²) in [4.78, 5) is 25.9. The molecule has 0 aliphatic carbocycles. The number of aryl methyl sites for hydroxylation is 2. The maximum Gasteiger partial charge on any atom is 0.277 e. The minimum absolute atomic E-state index is 0.261. The normalized spacial score (nSPS) is 14.1. The van der Waals surface area contributed by atoms with Crippen molar-refractivity contribution < 1.29 is 9.59 Å². The maximum absolute atomic E-state index is 12.5. The van der Waals surface area contributed by atoms with Crippen LogP contribution < -0.4 is 5.32 Å². The van der Waals surface area contributed by atoms with Gasteiger partial charge in [-0.3, -0.25) is 14.5 Å². The summed E-state index contributed by atoms with van der Waals surface area (Å²) >= 11 is 0. The van der Waals surface area contributed by atoms with Crippen molar-refractivity contribution >= 4 is 17.5 Å². The highest BCUT2D eigenvalue weighted by Crippen LogP contribution is 2.20. The van der Waals surface area contributed by atoms with Crippen LogP contribution in [0.1, 0.15) is 16.7 Å². The molecule has 4 nitrogen and oxygen atoms in total. The lowest BCUT2D eigenvalue weighted by atomic mass is 10.1. The van der Waals surface area contributed by atoms with E-state index in [9.17, 15) is 9.59 Å². The lowest BCUT2D eigenvalue weighted by Crippen LogP contribution is -2.33. The van der Waals surface area contributed by atoms with Crippen LogP contribution in [0, 0.1) is 13.8 Å². The average Bonchev–Trinajstić information content (AvgIpc) is 2.79. The molecule has 3 rings (SSSR count). The van der Waals surface area contributed by atoms with Crippen molar-refractivity contribution in [3.05, 3.63) is 77.0 Å². The Balaban J connectivity index is 1.67. The van der Waals surface area contributed by atoms with E-state index in [1.807, 2.05) is 56.3 Å². The zero-order chi connectivity index (χ0) is 17.1. The molecule has 0 spiro atoms. The van der Waals surface area contributed by atoms with Crippen molar-refractivity contribution in [1.82, 2.24) is 4.90 Å².